The lowest BCUT2D eigenvalue weighted by Crippen LogP contribution is -2.62. The summed E-state index contributed by atoms with van der Waals surface area (Å²) in [5, 5.41) is 6.13. The van der Waals surface area contributed by atoms with E-state index in [0.717, 1.165) is 12.2 Å². The van der Waals surface area contributed by atoms with Crippen molar-refractivity contribution in [2.45, 2.75) is 32.9 Å². The zero-order valence-corrected chi connectivity index (χ0v) is 12.2. The number of nitrogens with one attached hydrogen (secondary N) is 2. The van der Waals surface area contributed by atoms with Gasteiger partial charge in [-0.15, -0.1) is 0 Å². The van der Waals surface area contributed by atoms with Crippen molar-refractivity contribution in [3.05, 3.63) is 29.3 Å². The van der Waals surface area contributed by atoms with Gasteiger partial charge in [0.25, 0.3) is 0 Å². The number of piperazine rings is 1. The minimum absolute atomic E-state index is 0.103. The van der Waals surface area contributed by atoms with Gasteiger partial charge in [0.05, 0.1) is 0 Å². The van der Waals surface area contributed by atoms with E-state index in [1.54, 1.807) is 0 Å². The average Bonchev–Trinajstić information content (AvgIpc) is 2.36. The molecule has 4 heteroatoms. The molecule has 0 aromatic heterocycles. The predicted octanol–water partition coefficient (Wildman–Crippen LogP) is 1.22. The molecular weight excluding hydrogens is 238 g/mol. The Kier molecular flexibility index (Phi) is 4.10. The Morgan fingerprint density at radius 1 is 1.37 bits per heavy atom. The van der Waals surface area contributed by atoms with Gasteiger partial charge in [0.1, 0.15) is 6.04 Å². The number of hydrogen-bond donors (Lipinski definition) is 2. The first-order chi connectivity index (χ1) is 9.02. The normalized spacial score (nSPS) is 23.4. The van der Waals surface area contributed by atoms with Gasteiger partial charge in [-0.1, -0.05) is 6.07 Å². The van der Waals surface area contributed by atoms with Gasteiger partial charge in [0.2, 0.25) is 5.91 Å². The Morgan fingerprint density at radius 2 is 2.11 bits per heavy atom. The quantitative estimate of drug-likeness (QED) is 0.860. The van der Waals surface area contributed by atoms with Crippen LogP contribution in [0.4, 0.5) is 5.69 Å². The summed E-state index contributed by atoms with van der Waals surface area (Å²) in [4.78, 5) is 14.3. The molecule has 1 fully saturated rings. The molecule has 104 valence electrons. The Morgan fingerprint density at radius 3 is 2.74 bits per heavy atom. The van der Waals surface area contributed by atoms with Crippen LogP contribution < -0.4 is 15.5 Å². The molecule has 1 aliphatic rings. The van der Waals surface area contributed by atoms with Gasteiger partial charge in [0, 0.05) is 24.8 Å². The fourth-order valence-electron chi connectivity index (χ4n) is 2.53. The number of anilines is 1. The number of likely N-dealkylation sites (N-methyl/N-ethyl adjacent to an activating group) is 1. The lowest BCUT2D eigenvalue weighted by atomic mass is 10.0. The summed E-state index contributed by atoms with van der Waals surface area (Å²) in [6.07, 6.45) is 0. The van der Waals surface area contributed by atoms with Crippen LogP contribution >= 0.6 is 0 Å². The summed E-state index contributed by atoms with van der Waals surface area (Å²) in [7, 11) is 1.88. The van der Waals surface area contributed by atoms with Gasteiger partial charge in [-0.05, 0) is 51.1 Å². The summed E-state index contributed by atoms with van der Waals surface area (Å²) in [6, 6.07) is 6.45. The smallest absolute Gasteiger partial charge is 0.244 e. The van der Waals surface area contributed by atoms with Crippen LogP contribution in [0.3, 0.4) is 0 Å². The van der Waals surface area contributed by atoms with Crippen molar-refractivity contribution in [2.24, 2.45) is 0 Å². The summed E-state index contributed by atoms with van der Waals surface area (Å²) in [6.45, 7) is 7.77. The fraction of sp³-hybridized carbons (Fsp3) is 0.533. The maximum Gasteiger partial charge on any atom is 0.244 e. The number of hydrogen-bond acceptors (Lipinski definition) is 3. The summed E-state index contributed by atoms with van der Waals surface area (Å²) in [5.74, 6) is 0.103. The van der Waals surface area contributed by atoms with Crippen LogP contribution in [0.25, 0.3) is 0 Å². The molecule has 2 atom stereocenters. The maximum atomic E-state index is 12.1. The highest BCUT2D eigenvalue weighted by atomic mass is 16.2. The van der Waals surface area contributed by atoms with Crippen molar-refractivity contribution in [3.63, 3.8) is 0 Å². The third kappa shape index (κ3) is 2.89. The number of rotatable bonds is 3. The number of carbonyl (C=O) groups excluding carboxylic acids is 1. The van der Waals surface area contributed by atoms with Gasteiger partial charge in [-0.2, -0.15) is 0 Å². The van der Waals surface area contributed by atoms with E-state index in [0.29, 0.717) is 6.54 Å². The van der Waals surface area contributed by atoms with Crippen molar-refractivity contribution in [1.29, 1.82) is 0 Å². The lowest BCUT2D eigenvalue weighted by Gasteiger charge is -2.40. The van der Waals surface area contributed by atoms with Gasteiger partial charge < -0.3 is 15.5 Å². The predicted molar refractivity (Wildman–Crippen MR) is 78.6 cm³/mol. The Labute approximate surface area is 115 Å². The molecule has 2 N–H and O–H groups in total. The second-order valence-corrected chi connectivity index (χ2v) is 5.40. The summed E-state index contributed by atoms with van der Waals surface area (Å²) in [5.41, 5.74) is 3.67. The molecule has 2 rings (SSSR count). The van der Waals surface area contributed by atoms with Crippen molar-refractivity contribution in [1.82, 2.24) is 10.6 Å². The van der Waals surface area contributed by atoms with E-state index in [1.165, 1.54) is 11.1 Å². The van der Waals surface area contributed by atoms with Crippen molar-refractivity contribution >= 4 is 11.6 Å². The molecule has 1 heterocycles. The molecule has 1 aromatic rings. The molecule has 0 radical (unpaired) electrons. The van der Waals surface area contributed by atoms with Crippen molar-refractivity contribution in [2.75, 3.05) is 25.0 Å². The number of aryl methyl sites for hydroxylation is 2. The van der Waals surface area contributed by atoms with Crippen molar-refractivity contribution in [3.8, 4) is 0 Å². The Bertz CT molecular complexity index is 472. The summed E-state index contributed by atoms with van der Waals surface area (Å²) < 4.78 is 0. The van der Waals surface area contributed by atoms with Gasteiger partial charge in [-0.3, -0.25) is 4.79 Å². The molecule has 0 bridgehead atoms. The highest BCUT2D eigenvalue weighted by Crippen LogP contribution is 2.23. The van der Waals surface area contributed by atoms with E-state index in [1.807, 2.05) is 14.0 Å². The van der Waals surface area contributed by atoms with E-state index in [-0.39, 0.29) is 18.0 Å². The van der Waals surface area contributed by atoms with Crippen LogP contribution in [-0.2, 0) is 4.79 Å². The number of carbonyl (C=O) groups is 1. The zero-order valence-electron chi connectivity index (χ0n) is 12.2. The zero-order chi connectivity index (χ0) is 14.0. The van der Waals surface area contributed by atoms with Crippen molar-refractivity contribution < 1.29 is 4.79 Å². The first kappa shape index (κ1) is 13.9. The second kappa shape index (κ2) is 5.61. The van der Waals surface area contributed by atoms with Gasteiger partial charge in [0.15, 0.2) is 0 Å². The molecule has 1 amide bonds. The Hall–Kier alpha value is -1.55. The second-order valence-electron chi connectivity index (χ2n) is 5.40. The van der Waals surface area contributed by atoms with E-state index in [4.69, 9.17) is 0 Å². The van der Waals surface area contributed by atoms with Crippen LogP contribution in [0, 0.1) is 13.8 Å². The topological polar surface area (TPSA) is 44.4 Å². The molecule has 0 spiro atoms. The minimum Gasteiger partial charge on any atom is -0.356 e. The third-order valence-corrected chi connectivity index (χ3v) is 3.76. The molecule has 2 unspecified atom stereocenters. The van der Waals surface area contributed by atoms with Crippen LogP contribution in [0.5, 0.6) is 0 Å². The Balaban J connectivity index is 2.31. The van der Waals surface area contributed by atoms with Gasteiger partial charge >= 0.3 is 0 Å². The summed E-state index contributed by atoms with van der Waals surface area (Å²) >= 11 is 0. The molecule has 1 aromatic carbocycles. The van der Waals surface area contributed by atoms with Crippen LogP contribution in [0.15, 0.2) is 18.2 Å². The van der Waals surface area contributed by atoms with E-state index >= 15 is 0 Å². The molecule has 0 saturated carbocycles. The first-order valence-electron chi connectivity index (χ1n) is 6.81. The first-order valence-corrected chi connectivity index (χ1v) is 6.81. The number of benzene rings is 1. The average molecular weight is 261 g/mol. The lowest BCUT2D eigenvalue weighted by molar-refractivity contribution is -0.124. The highest BCUT2D eigenvalue weighted by Gasteiger charge is 2.32. The minimum atomic E-state index is -0.136. The van der Waals surface area contributed by atoms with E-state index in [2.05, 4.69) is 47.6 Å². The van der Waals surface area contributed by atoms with E-state index < -0.39 is 0 Å². The SMILES string of the molecule is CNCC1C(=O)NC(C)CN1c1ccc(C)c(C)c1. The largest absolute Gasteiger partial charge is 0.356 e. The number of amides is 1. The third-order valence-electron chi connectivity index (χ3n) is 3.76. The maximum absolute atomic E-state index is 12.1. The molecule has 1 aliphatic heterocycles. The molecular formula is C15H23N3O. The van der Waals surface area contributed by atoms with Crippen LogP contribution in [0.2, 0.25) is 0 Å². The monoisotopic (exact) mass is 261 g/mol. The fourth-order valence-corrected chi connectivity index (χ4v) is 2.53. The molecule has 19 heavy (non-hydrogen) atoms. The standard InChI is InChI=1S/C15H23N3O/c1-10-5-6-13(7-11(10)2)18-9-12(3)17-15(19)14(18)8-16-4/h5-7,12,14,16H,8-9H2,1-4H3,(H,17,19). The molecule has 4 nitrogen and oxygen atoms in total. The molecule has 1 saturated heterocycles. The van der Waals surface area contributed by atoms with E-state index in [9.17, 15) is 4.79 Å². The number of nitrogens with zero attached hydrogens (tertiary/aromatic N) is 1. The molecule has 0 aliphatic carbocycles. The highest BCUT2D eigenvalue weighted by molar-refractivity contribution is 5.87. The van der Waals surface area contributed by atoms with Gasteiger partial charge in [-0.25, -0.2) is 0 Å². The van der Waals surface area contributed by atoms with Crippen LogP contribution in [0.1, 0.15) is 18.1 Å². The van der Waals surface area contributed by atoms with Crippen LogP contribution in [-0.4, -0.2) is 38.1 Å².